The van der Waals surface area contributed by atoms with Crippen molar-refractivity contribution in [2.75, 3.05) is 0 Å². The summed E-state index contributed by atoms with van der Waals surface area (Å²) in [5.74, 6) is 1.12. The second-order valence-corrected chi connectivity index (χ2v) is 5.84. The summed E-state index contributed by atoms with van der Waals surface area (Å²) < 4.78 is 12.5. The molecule has 9 nitrogen and oxygen atoms in total. The zero-order valence-electron chi connectivity index (χ0n) is 14.4. The Labute approximate surface area is 154 Å². The van der Waals surface area contributed by atoms with Crippen LogP contribution in [0.15, 0.2) is 63.9 Å². The first-order chi connectivity index (χ1) is 13.2. The van der Waals surface area contributed by atoms with Crippen LogP contribution in [0.25, 0.3) is 11.5 Å². The summed E-state index contributed by atoms with van der Waals surface area (Å²) in [6.45, 7) is 2.20. The third-order valence-corrected chi connectivity index (χ3v) is 3.82. The molecule has 1 amide bonds. The van der Waals surface area contributed by atoms with Gasteiger partial charge < -0.3 is 14.3 Å². The van der Waals surface area contributed by atoms with Gasteiger partial charge in [-0.15, -0.1) is 0 Å². The van der Waals surface area contributed by atoms with Crippen LogP contribution in [0.3, 0.4) is 0 Å². The molecule has 1 atom stereocenters. The fraction of sp³-hybridized carbons (Fsp3) is 0.167. The fourth-order valence-electron chi connectivity index (χ4n) is 2.48. The molecular formula is C18H16N6O3. The number of carbonyl (C=O) groups excluding carboxylic acids is 1. The fourth-order valence-corrected chi connectivity index (χ4v) is 2.48. The maximum absolute atomic E-state index is 12.4. The normalized spacial score (nSPS) is 12.0. The minimum atomic E-state index is -0.484. The minimum Gasteiger partial charge on any atom is -0.454 e. The highest BCUT2D eigenvalue weighted by Crippen LogP contribution is 2.17. The van der Waals surface area contributed by atoms with Crippen molar-refractivity contribution < 1.29 is 13.7 Å². The molecule has 0 fully saturated rings. The predicted octanol–water partition coefficient (Wildman–Crippen LogP) is 2.46. The van der Waals surface area contributed by atoms with Crippen molar-refractivity contribution in [3.8, 4) is 11.5 Å². The summed E-state index contributed by atoms with van der Waals surface area (Å²) in [7, 11) is 0. The number of nitrogens with zero attached hydrogens (tertiary/aromatic N) is 5. The van der Waals surface area contributed by atoms with Gasteiger partial charge in [-0.1, -0.05) is 11.2 Å². The first kappa shape index (κ1) is 16.7. The number of hydrogen-bond donors (Lipinski definition) is 1. The average molecular weight is 364 g/mol. The first-order valence-electron chi connectivity index (χ1n) is 8.31. The molecule has 27 heavy (non-hydrogen) atoms. The van der Waals surface area contributed by atoms with Gasteiger partial charge in [0, 0.05) is 18.6 Å². The van der Waals surface area contributed by atoms with Crippen LogP contribution in [-0.4, -0.2) is 30.8 Å². The summed E-state index contributed by atoms with van der Waals surface area (Å²) in [5, 5.41) is 10.8. The Morgan fingerprint density at radius 1 is 1.22 bits per heavy atom. The Kier molecular flexibility index (Phi) is 4.48. The second kappa shape index (κ2) is 7.24. The number of furan rings is 1. The Bertz CT molecular complexity index is 1020. The lowest BCUT2D eigenvalue weighted by atomic mass is 10.3. The van der Waals surface area contributed by atoms with Gasteiger partial charge in [0.25, 0.3) is 5.91 Å². The van der Waals surface area contributed by atoms with Crippen molar-refractivity contribution in [3.05, 3.63) is 72.4 Å². The Morgan fingerprint density at radius 3 is 2.93 bits per heavy atom. The van der Waals surface area contributed by atoms with E-state index in [1.165, 1.54) is 0 Å². The van der Waals surface area contributed by atoms with E-state index >= 15 is 0 Å². The number of aromatic nitrogens is 5. The van der Waals surface area contributed by atoms with Crippen LogP contribution in [0.5, 0.6) is 0 Å². The molecule has 0 aliphatic carbocycles. The lowest BCUT2D eigenvalue weighted by Gasteiger charge is -2.07. The monoisotopic (exact) mass is 364 g/mol. The summed E-state index contributed by atoms with van der Waals surface area (Å²) >= 11 is 0. The van der Waals surface area contributed by atoms with E-state index in [2.05, 4.69) is 25.5 Å². The summed E-state index contributed by atoms with van der Waals surface area (Å²) in [4.78, 5) is 20.8. The third-order valence-electron chi connectivity index (χ3n) is 3.82. The van der Waals surface area contributed by atoms with E-state index in [0.29, 0.717) is 23.8 Å². The third kappa shape index (κ3) is 3.76. The topological polar surface area (TPSA) is 112 Å². The van der Waals surface area contributed by atoms with E-state index in [0.717, 1.165) is 0 Å². The van der Waals surface area contributed by atoms with Gasteiger partial charge in [-0.25, -0.2) is 0 Å². The van der Waals surface area contributed by atoms with Crippen LogP contribution < -0.4 is 5.32 Å². The van der Waals surface area contributed by atoms with Gasteiger partial charge in [-0.2, -0.15) is 10.1 Å². The molecule has 0 aliphatic heterocycles. The van der Waals surface area contributed by atoms with Gasteiger partial charge in [-0.3, -0.25) is 14.5 Å². The molecule has 1 unspecified atom stereocenters. The standard InChI is InChI=1S/C18H16N6O3/c1-12(18-22-16(23-27-18)14-5-2-3-8-19-14)21-17(25)15-7-6-13(26-15)11-24-10-4-9-20-24/h2-10,12H,11H2,1H3,(H,21,25). The molecule has 0 spiro atoms. The summed E-state index contributed by atoms with van der Waals surface area (Å²) in [6, 6.07) is 10.1. The Morgan fingerprint density at radius 2 is 2.15 bits per heavy atom. The Balaban J connectivity index is 1.41. The van der Waals surface area contributed by atoms with E-state index in [-0.39, 0.29) is 17.6 Å². The maximum atomic E-state index is 12.4. The Hall–Kier alpha value is -3.75. The van der Waals surface area contributed by atoms with Crippen molar-refractivity contribution in [2.45, 2.75) is 19.5 Å². The smallest absolute Gasteiger partial charge is 0.287 e. The molecule has 0 saturated heterocycles. The lowest BCUT2D eigenvalue weighted by molar-refractivity contribution is 0.0902. The highest BCUT2D eigenvalue weighted by molar-refractivity contribution is 5.91. The van der Waals surface area contributed by atoms with Crippen LogP contribution in [0, 0.1) is 0 Å². The van der Waals surface area contributed by atoms with Crippen molar-refractivity contribution in [1.29, 1.82) is 0 Å². The number of nitrogens with one attached hydrogen (secondary N) is 1. The van der Waals surface area contributed by atoms with Crippen LogP contribution in [0.2, 0.25) is 0 Å². The zero-order chi connectivity index (χ0) is 18.6. The molecule has 4 rings (SSSR count). The van der Waals surface area contributed by atoms with E-state index < -0.39 is 6.04 Å². The molecule has 4 aromatic heterocycles. The van der Waals surface area contributed by atoms with E-state index in [1.54, 1.807) is 48.3 Å². The molecule has 0 aliphatic rings. The SMILES string of the molecule is CC(NC(=O)c1ccc(Cn2cccn2)o1)c1nc(-c2ccccn2)no1. The molecule has 0 radical (unpaired) electrons. The summed E-state index contributed by atoms with van der Waals surface area (Å²) in [6.07, 6.45) is 5.15. The number of carbonyl (C=O) groups is 1. The summed E-state index contributed by atoms with van der Waals surface area (Å²) in [5.41, 5.74) is 0.598. The molecule has 136 valence electrons. The van der Waals surface area contributed by atoms with E-state index in [9.17, 15) is 4.79 Å². The second-order valence-electron chi connectivity index (χ2n) is 5.84. The van der Waals surface area contributed by atoms with Crippen molar-refractivity contribution in [3.63, 3.8) is 0 Å². The number of rotatable bonds is 6. The van der Waals surface area contributed by atoms with Gasteiger partial charge in [0.1, 0.15) is 17.5 Å². The first-order valence-corrected chi connectivity index (χ1v) is 8.31. The number of hydrogen-bond acceptors (Lipinski definition) is 7. The molecular weight excluding hydrogens is 348 g/mol. The van der Waals surface area contributed by atoms with Crippen molar-refractivity contribution in [1.82, 2.24) is 30.2 Å². The molecule has 0 saturated carbocycles. The van der Waals surface area contributed by atoms with Crippen LogP contribution in [0.4, 0.5) is 0 Å². The number of pyridine rings is 1. The van der Waals surface area contributed by atoms with Crippen LogP contribution >= 0.6 is 0 Å². The molecule has 9 heteroatoms. The maximum Gasteiger partial charge on any atom is 0.287 e. The van der Waals surface area contributed by atoms with Gasteiger partial charge in [0.15, 0.2) is 5.76 Å². The van der Waals surface area contributed by atoms with Gasteiger partial charge >= 0.3 is 0 Å². The zero-order valence-corrected chi connectivity index (χ0v) is 14.4. The average Bonchev–Trinajstić information content (AvgIpc) is 3.44. The predicted molar refractivity (Wildman–Crippen MR) is 93.4 cm³/mol. The molecule has 4 aromatic rings. The quantitative estimate of drug-likeness (QED) is 0.559. The minimum absolute atomic E-state index is 0.202. The highest BCUT2D eigenvalue weighted by Gasteiger charge is 2.20. The molecule has 1 N–H and O–H groups in total. The van der Waals surface area contributed by atoms with Gasteiger partial charge in [-0.05, 0) is 37.3 Å². The van der Waals surface area contributed by atoms with Gasteiger partial charge in [0.05, 0.1) is 6.54 Å². The molecule has 0 aromatic carbocycles. The van der Waals surface area contributed by atoms with Crippen LogP contribution in [0.1, 0.15) is 35.2 Å². The molecule has 4 heterocycles. The lowest BCUT2D eigenvalue weighted by Crippen LogP contribution is -2.26. The van der Waals surface area contributed by atoms with E-state index in [4.69, 9.17) is 8.94 Å². The number of amides is 1. The highest BCUT2D eigenvalue weighted by atomic mass is 16.5. The molecule has 0 bridgehead atoms. The van der Waals surface area contributed by atoms with E-state index in [1.807, 2.05) is 18.3 Å². The van der Waals surface area contributed by atoms with Crippen LogP contribution in [-0.2, 0) is 6.54 Å². The van der Waals surface area contributed by atoms with Gasteiger partial charge in [0.2, 0.25) is 11.7 Å². The largest absolute Gasteiger partial charge is 0.454 e. The van der Waals surface area contributed by atoms with Crippen molar-refractivity contribution in [2.24, 2.45) is 0 Å². The van der Waals surface area contributed by atoms with Crippen molar-refractivity contribution >= 4 is 5.91 Å².